The van der Waals surface area contributed by atoms with E-state index in [0.717, 1.165) is 0 Å². The largest absolute Gasteiger partial charge is 0.468 e. The number of rotatable bonds is 6. The minimum Gasteiger partial charge on any atom is -0.468 e. The molecule has 5 heteroatoms. The maximum absolute atomic E-state index is 13.8. The van der Waals surface area contributed by atoms with Crippen molar-refractivity contribution in [3.63, 3.8) is 0 Å². The van der Waals surface area contributed by atoms with Crippen LogP contribution in [0.2, 0.25) is 0 Å². The first kappa shape index (κ1) is 17.5. The van der Waals surface area contributed by atoms with Gasteiger partial charge in [0, 0.05) is 10.6 Å². The van der Waals surface area contributed by atoms with Gasteiger partial charge in [-0.05, 0) is 30.2 Å². The number of methoxy groups -OCH3 is 1. The molecule has 1 atom stereocenters. The van der Waals surface area contributed by atoms with Crippen LogP contribution in [0.1, 0.15) is 13.8 Å². The molecule has 0 saturated carbocycles. The number of nitrogens with one attached hydrogen (secondary N) is 1. The molecule has 0 aromatic heterocycles. The van der Waals surface area contributed by atoms with Crippen LogP contribution in [0.15, 0.2) is 60.7 Å². The van der Waals surface area contributed by atoms with Gasteiger partial charge in [0.15, 0.2) is 0 Å². The van der Waals surface area contributed by atoms with Crippen LogP contribution >= 0.6 is 7.29 Å². The first-order valence-electron chi connectivity index (χ1n) is 7.56. The van der Waals surface area contributed by atoms with Gasteiger partial charge in [0.1, 0.15) is 6.04 Å². The fourth-order valence-electron chi connectivity index (χ4n) is 2.37. The van der Waals surface area contributed by atoms with Crippen molar-refractivity contribution in [1.29, 1.82) is 0 Å². The zero-order valence-corrected chi connectivity index (χ0v) is 14.5. The Hall–Kier alpha value is -1.90. The summed E-state index contributed by atoms with van der Waals surface area (Å²) in [5.41, 5.74) is 0. The van der Waals surface area contributed by atoms with Crippen molar-refractivity contribution >= 4 is 23.9 Å². The second-order valence-electron chi connectivity index (χ2n) is 5.65. The summed E-state index contributed by atoms with van der Waals surface area (Å²) in [5, 5.41) is 4.43. The van der Waals surface area contributed by atoms with Crippen LogP contribution in [0.5, 0.6) is 0 Å². The topological polar surface area (TPSA) is 55.4 Å². The Morgan fingerprint density at radius 2 is 1.39 bits per heavy atom. The maximum atomic E-state index is 13.8. The Kier molecular flexibility index (Phi) is 5.75. The van der Waals surface area contributed by atoms with E-state index in [4.69, 9.17) is 4.74 Å². The van der Waals surface area contributed by atoms with E-state index in [1.54, 1.807) is 0 Å². The molecule has 23 heavy (non-hydrogen) atoms. The molecule has 0 aliphatic heterocycles. The summed E-state index contributed by atoms with van der Waals surface area (Å²) < 4.78 is 18.7. The van der Waals surface area contributed by atoms with E-state index in [9.17, 15) is 9.36 Å². The van der Waals surface area contributed by atoms with E-state index in [1.165, 1.54) is 7.11 Å². The van der Waals surface area contributed by atoms with E-state index in [2.05, 4.69) is 5.09 Å². The smallest absolute Gasteiger partial charge is 0.323 e. The molecular formula is C18H22NO3P. The van der Waals surface area contributed by atoms with Crippen molar-refractivity contribution in [2.75, 3.05) is 7.11 Å². The highest BCUT2D eigenvalue weighted by atomic mass is 31.2. The zero-order valence-electron chi connectivity index (χ0n) is 13.6. The molecule has 4 nitrogen and oxygen atoms in total. The van der Waals surface area contributed by atoms with Gasteiger partial charge in [-0.15, -0.1) is 0 Å². The lowest BCUT2D eigenvalue weighted by Gasteiger charge is -2.27. The highest BCUT2D eigenvalue weighted by Crippen LogP contribution is 2.40. The minimum absolute atomic E-state index is 0.0526. The van der Waals surface area contributed by atoms with E-state index < -0.39 is 19.3 Å². The van der Waals surface area contributed by atoms with Crippen LogP contribution < -0.4 is 15.7 Å². The van der Waals surface area contributed by atoms with Crippen LogP contribution in [-0.4, -0.2) is 19.1 Å². The molecule has 0 aliphatic carbocycles. The monoisotopic (exact) mass is 331 g/mol. The predicted octanol–water partition coefficient (Wildman–Crippen LogP) is 2.70. The van der Waals surface area contributed by atoms with E-state index in [0.29, 0.717) is 10.6 Å². The summed E-state index contributed by atoms with van der Waals surface area (Å²) in [4.78, 5) is 12.1. The van der Waals surface area contributed by atoms with Crippen molar-refractivity contribution < 1.29 is 14.1 Å². The molecular weight excluding hydrogens is 309 g/mol. The summed E-state index contributed by atoms with van der Waals surface area (Å²) >= 11 is 0. The molecule has 2 aromatic carbocycles. The number of carbonyl (C=O) groups is 1. The minimum atomic E-state index is -3.15. The molecule has 2 rings (SSSR count). The summed E-state index contributed by atoms with van der Waals surface area (Å²) in [6.07, 6.45) is 0. The lowest BCUT2D eigenvalue weighted by molar-refractivity contribution is -0.143. The molecule has 0 fully saturated rings. The zero-order chi connectivity index (χ0) is 16.9. The van der Waals surface area contributed by atoms with Gasteiger partial charge in [-0.3, -0.25) is 9.36 Å². The van der Waals surface area contributed by atoms with Gasteiger partial charge in [-0.25, -0.2) is 5.09 Å². The SMILES string of the molecule is COC(=O)[C@@H](NP(=O)(c1ccccc1)c1ccccc1)C(C)C. The molecule has 1 N–H and O–H groups in total. The molecule has 0 aliphatic rings. The highest BCUT2D eigenvalue weighted by Gasteiger charge is 2.34. The van der Waals surface area contributed by atoms with Crippen LogP contribution in [-0.2, 0) is 14.1 Å². The van der Waals surface area contributed by atoms with Gasteiger partial charge < -0.3 is 4.74 Å². The van der Waals surface area contributed by atoms with Crippen LogP contribution in [0.3, 0.4) is 0 Å². The quantitative estimate of drug-likeness (QED) is 0.653. The average Bonchev–Trinajstić information content (AvgIpc) is 2.60. The number of carbonyl (C=O) groups excluding carboxylic acids is 1. The summed E-state index contributed by atoms with van der Waals surface area (Å²) in [5.74, 6) is -0.463. The Labute approximate surface area is 137 Å². The fourth-order valence-corrected chi connectivity index (χ4v) is 4.95. The van der Waals surface area contributed by atoms with Crippen molar-refractivity contribution in [1.82, 2.24) is 5.09 Å². The molecule has 0 unspecified atom stereocenters. The Bertz CT molecular complexity index is 642. The van der Waals surface area contributed by atoms with E-state index >= 15 is 0 Å². The first-order valence-corrected chi connectivity index (χ1v) is 9.26. The van der Waals surface area contributed by atoms with Gasteiger partial charge >= 0.3 is 5.97 Å². The normalized spacial score (nSPS) is 12.9. The fraction of sp³-hybridized carbons (Fsp3) is 0.278. The molecule has 0 bridgehead atoms. The second-order valence-corrected chi connectivity index (χ2v) is 8.16. The molecule has 2 aromatic rings. The summed E-state index contributed by atoms with van der Waals surface area (Å²) in [7, 11) is -1.81. The number of hydrogen-bond donors (Lipinski definition) is 1. The number of ether oxygens (including phenoxy) is 1. The van der Waals surface area contributed by atoms with Crippen molar-refractivity contribution in [2.45, 2.75) is 19.9 Å². The number of hydrogen-bond acceptors (Lipinski definition) is 3. The Balaban J connectivity index is 2.51. The highest BCUT2D eigenvalue weighted by molar-refractivity contribution is 7.77. The van der Waals surface area contributed by atoms with Crippen LogP contribution in [0.4, 0.5) is 0 Å². The summed E-state index contributed by atoms with van der Waals surface area (Å²) in [6.45, 7) is 3.80. The third kappa shape index (κ3) is 3.90. The molecule has 122 valence electrons. The van der Waals surface area contributed by atoms with Crippen molar-refractivity contribution in [3.05, 3.63) is 60.7 Å². The van der Waals surface area contributed by atoms with Gasteiger partial charge in [-0.1, -0.05) is 50.2 Å². The van der Waals surface area contributed by atoms with Crippen molar-refractivity contribution in [2.24, 2.45) is 5.92 Å². The van der Waals surface area contributed by atoms with Crippen molar-refractivity contribution in [3.8, 4) is 0 Å². The summed E-state index contributed by atoms with van der Waals surface area (Å²) in [6, 6.07) is 17.7. The average molecular weight is 331 g/mol. The molecule has 0 spiro atoms. The molecule has 0 radical (unpaired) electrons. The van der Waals surface area contributed by atoms with Gasteiger partial charge in [0.05, 0.1) is 7.11 Å². The van der Waals surface area contributed by atoms with Gasteiger partial charge in [0.2, 0.25) is 7.29 Å². The van der Waals surface area contributed by atoms with Gasteiger partial charge in [-0.2, -0.15) is 0 Å². The third-order valence-electron chi connectivity index (χ3n) is 3.68. The van der Waals surface area contributed by atoms with E-state index in [1.807, 2.05) is 74.5 Å². The maximum Gasteiger partial charge on any atom is 0.323 e. The van der Waals surface area contributed by atoms with Gasteiger partial charge in [0.25, 0.3) is 0 Å². The predicted molar refractivity (Wildman–Crippen MR) is 93.5 cm³/mol. The first-order chi connectivity index (χ1) is 11.0. The van der Waals surface area contributed by atoms with E-state index in [-0.39, 0.29) is 5.92 Å². The molecule has 0 saturated heterocycles. The number of esters is 1. The van der Waals surface area contributed by atoms with Crippen LogP contribution in [0, 0.1) is 5.92 Å². The lowest BCUT2D eigenvalue weighted by Crippen LogP contribution is -2.44. The standard InChI is InChI=1S/C18H22NO3P/c1-14(2)17(18(20)22-3)19-23(21,15-10-6-4-7-11-15)16-12-8-5-9-13-16/h4-14,17H,1-3H3,(H,19,21)/t17-/m0/s1. The second kappa shape index (κ2) is 7.58. The van der Waals surface area contributed by atoms with Crippen LogP contribution in [0.25, 0.3) is 0 Å². The Morgan fingerprint density at radius 3 is 1.74 bits per heavy atom. The third-order valence-corrected chi connectivity index (χ3v) is 6.37. The number of benzene rings is 2. The Morgan fingerprint density at radius 1 is 0.957 bits per heavy atom. The lowest BCUT2D eigenvalue weighted by atomic mass is 10.1. The molecule has 0 heterocycles. The molecule has 0 amide bonds.